The molecule has 1 aromatic heterocycles. The fourth-order valence-electron chi connectivity index (χ4n) is 5.03. The summed E-state index contributed by atoms with van der Waals surface area (Å²) in [4.78, 5) is 11.7. The van der Waals surface area contributed by atoms with E-state index in [-0.39, 0.29) is 5.56 Å². The Morgan fingerprint density at radius 3 is 2.24 bits per heavy atom. The Hall–Kier alpha value is -5.24. The van der Waals surface area contributed by atoms with Crippen molar-refractivity contribution in [3.8, 4) is 40.0 Å². The van der Waals surface area contributed by atoms with Gasteiger partial charge < -0.3 is 24.1 Å². The molecule has 0 fully saturated rings. The van der Waals surface area contributed by atoms with Crippen LogP contribution in [0.2, 0.25) is 0 Å². The van der Waals surface area contributed by atoms with Crippen molar-refractivity contribution in [1.29, 1.82) is 0 Å². The average molecular weight is 607 g/mol. The van der Waals surface area contributed by atoms with Crippen LogP contribution in [0.15, 0.2) is 97.2 Å². The van der Waals surface area contributed by atoms with Crippen LogP contribution >= 0.6 is 0 Å². The number of nitrogens with one attached hydrogen (secondary N) is 1. The number of carbonyl (C=O) groups is 1. The minimum absolute atomic E-state index is 0.112. The van der Waals surface area contributed by atoms with E-state index in [1.54, 1.807) is 24.4 Å². The van der Waals surface area contributed by atoms with E-state index in [0.717, 1.165) is 58.7 Å². The number of ether oxygens (including phenoxy) is 4. The number of aromatic carboxylic acids is 1. The zero-order chi connectivity index (χ0) is 31.4. The maximum Gasteiger partial charge on any atom is 0.339 e. The quantitative estimate of drug-likeness (QED) is 0.109. The standard InChI is InChI=1S/C37H38N2O6/c1-3-12-28-32(17-10-18-33(28)45-34-16-9-8-15-29(34)37(40)41)42-21-11-22-43-35-24-36(44-25-26-13-6-5-7-14-26)30(23-27(35)4-2)31-19-20-38-39-31/h5-10,13-20,23-24H,3-4,11-12,21-22,25H2,1-2H3,(H,38,39)(H,40,41). The molecule has 5 rings (SSSR count). The van der Waals surface area contributed by atoms with Gasteiger partial charge in [-0.25, -0.2) is 4.79 Å². The maximum atomic E-state index is 11.7. The van der Waals surface area contributed by atoms with E-state index in [4.69, 9.17) is 18.9 Å². The molecule has 0 bridgehead atoms. The Morgan fingerprint density at radius 1 is 0.778 bits per heavy atom. The van der Waals surface area contributed by atoms with E-state index >= 15 is 0 Å². The molecule has 0 atom stereocenters. The summed E-state index contributed by atoms with van der Waals surface area (Å²) in [5.41, 5.74) is 4.89. The summed E-state index contributed by atoms with van der Waals surface area (Å²) >= 11 is 0. The van der Waals surface area contributed by atoms with Crippen molar-refractivity contribution in [2.24, 2.45) is 0 Å². The summed E-state index contributed by atoms with van der Waals surface area (Å²) in [7, 11) is 0. The van der Waals surface area contributed by atoms with E-state index in [9.17, 15) is 9.90 Å². The number of rotatable bonds is 16. The lowest BCUT2D eigenvalue weighted by atomic mass is 10.0. The molecule has 0 aliphatic heterocycles. The SMILES string of the molecule is CCCc1c(OCCCOc2cc(OCc3ccccc3)c(-c3cc[nH]n3)cc2CC)cccc1Oc1ccccc1C(=O)O. The van der Waals surface area contributed by atoms with E-state index in [1.165, 1.54) is 6.07 Å². The number of carboxylic acid groups (broad SMARTS) is 1. The van der Waals surface area contributed by atoms with Gasteiger partial charge in [0.05, 0.1) is 18.9 Å². The van der Waals surface area contributed by atoms with Crippen LogP contribution in [-0.4, -0.2) is 34.5 Å². The van der Waals surface area contributed by atoms with Crippen molar-refractivity contribution in [3.05, 3.63) is 119 Å². The second kappa shape index (κ2) is 15.5. The van der Waals surface area contributed by atoms with Gasteiger partial charge in [0.15, 0.2) is 0 Å². The molecule has 4 aromatic carbocycles. The number of benzene rings is 4. The predicted octanol–water partition coefficient (Wildman–Crippen LogP) is 8.51. The van der Waals surface area contributed by atoms with Crippen molar-refractivity contribution in [2.45, 2.75) is 46.1 Å². The van der Waals surface area contributed by atoms with Gasteiger partial charge in [0.1, 0.15) is 40.9 Å². The number of aromatic nitrogens is 2. The monoisotopic (exact) mass is 606 g/mol. The smallest absolute Gasteiger partial charge is 0.339 e. The fourth-order valence-corrected chi connectivity index (χ4v) is 5.03. The normalized spacial score (nSPS) is 10.8. The van der Waals surface area contributed by atoms with Gasteiger partial charge in [0, 0.05) is 29.8 Å². The Morgan fingerprint density at radius 2 is 1.51 bits per heavy atom. The van der Waals surface area contributed by atoms with Gasteiger partial charge in [-0.2, -0.15) is 5.10 Å². The zero-order valence-electron chi connectivity index (χ0n) is 25.6. The molecular formula is C37H38N2O6. The number of aromatic amines is 1. The third-order valence-electron chi connectivity index (χ3n) is 7.29. The first-order valence-corrected chi connectivity index (χ1v) is 15.3. The van der Waals surface area contributed by atoms with Gasteiger partial charge >= 0.3 is 5.97 Å². The van der Waals surface area contributed by atoms with Gasteiger partial charge in [-0.3, -0.25) is 5.10 Å². The first-order valence-electron chi connectivity index (χ1n) is 15.3. The molecule has 0 saturated heterocycles. The second-order valence-electron chi connectivity index (χ2n) is 10.5. The van der Waals surface area contributed by atoms with Crippen LogP contribution in [0.1, 0.15) is 53.7 Å². The molecule has 2 N–H and O–H groups in total. The second-order valence-corrected chi connectivity index (χ2v) is 10.5. The van der Waals surface area contributed by atoms with Gasteiger partial charge in [0.25, 0.3) is 0 Å². The minimum Gasteiger partial charge on any atom is -0.493 e. The summed E-state index contributed by atoms with van der Waals surface area (Å²) in [5, 5.41) is 16.9. The number of hydrogen-bond donors (Lipinski definition) is 2. The van der Waals surface area contributed by atoms with Gasteiger partial charge in [-0.05, 0) is 60.4 Å². The highest BCUT2D eigenvalue weighted by atomic mass is 16.5. The molecule has 232 valence electrons. The minimum atomic E-state index is -1.04. The summed E-state index contributed by atoms with van der Waals surface area (Å²) in [5.74, 6) is 2.05. The molecule has 0 aliphatic carbocycles. The molecule has 0 unspecified atom stereocenters. The van der Waals surface area contributed by atoms with Crippen molar-refractivity contribution in [1.82, 2.24) is 10.2 Å². The number of nitrogens with zero attached hydrogens (tertiary/aromatic N) is 1. The number of para-hydroxylation sites is 1. The highest BCUT2D eigenvalue weighted by molar-refractivity contribution is 5.91. The molecule has 8 heteroatoms. The average Bonchev–Trinajstić information content (AvgIpc) is 3.60. The lowest BCUT2D eigenvalue weighted by Gasteiger charge is -2.18. The predicted molar refractivity (Wildman–Crippen MR) is 174 cm³/mol. The lowest BCUT2D eigenvalue weighted by Crippen LogP contribution is -2.08. The third kappa shape index (κ3) is 8.03. The Labute approximate surface area is 263 Å². The zero-order valence-corrected chi connectivity index (χ0v) is 25.6. The Bertz CT molecular complexity index is 1690. The van der Waals surface area contributed by atoms with E-state index < -0.39 is 5.97 Å². The number of carboxylic acids is 1. The van der Waals surface area contributed by atoms with Crippen LogP contribution in [0.5, 0.6) is 28.7 Å². The number of hydrogen-bond acceptors (Lipinski definition) is 6. The number of H-pyrrole nitrogens is 1. The summed E-state index contributed by atoms with van der Waals surface area (Å²) in [6.07, 6.45) is 4.85. The lowest BCUT2D eigenvalue weighted by molar-refractivity contribution is 0.0694. The third-order valence-corrected chi connectivity index (χ3v) is 7.29. The van der Waals surface area contributed by atoms with E-state index in [2.05, 4.69) is 30.1 Å². The van der Waals surface area contributed by atoms with Crippen LogP contribution < -0.4 is 18.9 Å². The molecule has 0 radical (unpaired) electrons. The highest BCUT2D eigenvalue weighted by Crippen LogP contribution is 2.37. The van der Waals surface area contributed by atoms with Crippen molar-refractivity contribution in [3.63, 3.8) is 0 Å². The molecule has 8 nitrogen and oxygen atoms in total. The number of aryl methyl sites for hydroxylation is 1. The molecule has 0 saturated carbocycles. The summed E-state index contributed by atoms with van der Waals surface area (Å²) in [6, 6.07) is 28.3. The van der Waals surface area contributed by atoms with Crippen molar-refractivity contribution >= 4 is 5.97 Å². The van der Waals surface area contributed by atoms with E-state index in [1.807, 2.05) is 60.7 Å². The Kier molecular flexibility index (Phi) is 10.7. The van der Waals surface area contributed by atoms with Gasteiger partial charge in [-0.15, -0.1) is 0 Å². The van der Waals surface area contributed by atoms with Crippen LogP contribution in [-0.2, 0) is 19.4 Å². The molecule has 45 heavy (non-hydrogen) atoms. The van der Waals surface area contributed by atoms with Gasteiger partial charge in [-0.1, -0.05) is 68.8 Å². The molecule has 5 aromatic rings. The molecular weight excluding hydrogens is 568 g/mol. The highest BCUT2D eigenvalue weighted by Gasteiger charge is 2.17. The van der Waals surface area contributed by atoms with Crippen LogP contribution in [0.25, 0.3) is 11.3 Å². The fraction of sp³-hybridized carbons (Fsp3) is 0.243. The first-order chi connectivity index (χ1) is 22.1. The Balaban J connectivity index is 1.25. The molecule has 1 heterocycles. The molecule has 0 aliphatic rings. The van der Waals surface area contributed by atoms with E-state index in [0.29, 0.717) is 43.5 Å². The summed E-state index contributed by atoms with van der Waals surface area (Å²) < 4.78 is 24.9. The maximum absolute atomic E-state index is 11.7. The van der Waals surface area contributed by atoms with Crippen LogP contribution in [0.3, 0.4) is 0 Å². The molecule has 0 amide bonds. The van der Waals surface area contributed by atoms with Gasteiger partial charge in [0.2, 0.25) is 0 Å². The summed E-state index contributed by atoms with van der Waals surface area (Å²) in [6.45, 7) is 5.51. The van der Waals surface area contributed by atoms with Crippen LogP contribution in [0.4, 0.5) is 0 Å². The van der Waals surface area contributed by atoms with Crippen molar-refractivity contribution in [2.75, 3.05) is 13.2 Å². The largest absolute Gasteiger partial charge is 0.493 e. The topological polar surface area (TPSA) is 103 Å². The molecule has 0 spiro atoms. The first kappa shape index (κ1) is 31.2. The van der Waals surface area contributed by atoms with Crippen LogP contribution in [0, 0.1) is 0 Å². The van der Waals surface area contributed by atoms with Crippen molar-refractivity contribution < 1.29 is 28.8 Å².